The second-order valence-electron chi connectivity index (χ2n) is 27.5. The van der Waals surface area contributed by atoms with E-state index in [1.165, 1.54) is 29.3 Å². The fraction of sp³-hybridized carbons (Fsp3) is 0.633. The Bertz CT molecular complexity index is 3590. The van der Waals surface area contributed by atoms with Gasteiger partial charge in [0.2, 0.25) is 23.6 Å². The van der Waals surface area contributed by atoms with E-state index >= 15 is 0 Å². The molecule has 35 heteroatoms. The number of likely N-dealkylation sites (tertiary alicyclic amines) is 1. The number of aromatic nitrogens is 3. The molecule has 6 rings (SSSR count). The molecular formula is C79H117N13O22. The molecule has 0 saturated carbocycles. The number of nitrogens with one attached hydrogen (secondary N) is 6. The van der Waals surface area contributed by atoms with Crippen molar-refractivity contribution in [1.29, 1.82) is 5.26 Å². The number of carbonyl (C=O) groups excluding carboxylic acids is 6. The molecule has 0 aliphatic carbocycles. The minimum absolute atomic E-state index is 0.00314. The van der Waals surface area contributed by atoms with Crippen LogP contribution in [0.15, 0.2) is 60.8 Å². The average Bonchev–Trinajstić information content (AvgIpc) is 0.860. The normalized spacial score (nSPS) is 15.8. The van der Waals surface area contributed by atoms with Crippen LogP contribution in [0.1, 0.15) is 165 Å². The number of aliphatic carboxylic acids is 1. The summed E-state index contributed by atoms with van der Waals surface area (Å²) in [4.78, 5) is 132. The molecule has 2 aliphatic heterocycles. The summed E-state index contributed by atoms with van der Waals surface area (Å²) >= 11 is 0. The third kappa shape index (κ3) is 38.8. The van der Waals surface area contributed by atoms with Crippen molar-refractivity contribution in [2.75, 3.05) is 165 Å². The minimum atomic E-state index is -1.25. The van der Waals surface area contributed by atoms with Crippen LogP contribution in [0, 0.1) is 11.3 Å². The summed E-state index contributed by atoms with van der Waals surface area (Å²) in [5.41, 5.74) is 1.64. The van der Waals surface area contributed by atoms with Gasteiger partial charge in [0.25, 0.3) is 11.8 Å². The maximum absolute atomic E-state index is 13.8. The molecule has 0 bridgehead atoms. The number of aromatic carboxylic acids is 2. The van der Waals surface area contributed by atoms with Crippen molar-refractivity contribution < 1.29 is 106 Å². The Hall–Kier alpha value is -9.19. The van der Waals surface area contributed by atoms with Crippen LogP contribution < -0.4 is 41.4 Å². The molecular weight excluding hydrogens is 1480 g/mol. The first kappa shape index (κ1) is 93.7. The highest BCUT2D eigenvalue weighted by Gasteiger charge is 2.30. The topological polar surface area (TPSA) is 462 Å². The van der Waals surface area contributed by atoms with E-state index in [2.05, 4.69) is 64.7 Å². The van der Waals surface area contributed by atoms with Crippen LogP contribution in [-0.4, -0.2) is 292 Å². The van der Waals surface area contributed by atoms with Crippen molar-refractivity contribution >= 4 is 64.3 Å². The van der Waals surface area contributed by atoms with Crippen molar-refractivity contribution in [2.24, 2.45) is 0 Å². The van der Waals surface area contributed by atoms with Gasteiger partial charge in [-0.2, -0.15) is 5.26 Å². The van der Waals surface area contributed by atoms with E-state index in [4.69, 9.17) is 42.6 Å². The number of hydrogen-bond acceptors (Lipinski definition) is 26. The molecule has 0 radical (unpaired) electrons. The number of carbonyl (C=O) groups is 9. The van der Waals surface area contributed by atoms with Gasteiger partial charge in [-0.25, -0.2) is 24.4 Å². The predicted molar refractivity (Wildman–Crippen MR) is 415 cm³/mol. The van der Waals surface area contributed by atoms with E-state index in [0.29, 0.717) is 202 Å². The Labute approximate surface area is 665 Å². The van der Waals surface area contributed by atoms with Crippen LogP contribution in [0.25, 0.3) is 10.9 Å². The van der Waals surface area contributed by atoms with Crippen LogP contribution in [0.5, 0.6) is 11.5 Å². The lowest BCUT2D eigenvalue weighted by Crippen LogP contribution is -2.51. The number of nitrogens with zero attached hydrogens (tertiary/aromatic N) is 7. The molecule has 10 N–H and O–H groups in total. The van der Waals surface area contributed by atoms with Crippen molar-refractivity contribution in [3.05, 3.63) is 89.1 Å². The van der Waals surface area contributed by atoms with Gasteiger partial charge in [-0.1, -0.05) is 38.7 Å². The van der Waals surface area contributed by atoms with Crippen LogP contribution in [0.3, 0.4) is 0 Å². The van der Waals surface area contributed by atoms with Gasteiger partial charge in [0.1, 0.15) is 41.5 Å². The number of hydrogen-bond donors (Lipinski definition) is 10. The average molecular weight is 1600 g/mol. The first-order valence-electron chi connectivity index (χ1n) is 39.7. The van der Waals surface area contributed by atoms with Gasteiger partial charge in [0.15, 0.2) is 12.3 Å². The standard InChI is InChI=1S/C79H117N13O22/c1-2-3-4-5-6-20-70(93)82-27-11-8-18-67(78(102)103)89-76(99)65(88-72(95)25-36-106-42-48-112-49-43-107-37-29-84-73(96)57-114-61-22-23-63-64(24-28-81-68(63)51-61)75(98)85-54-74(97)92-30-14-16-60(92)53-80)17-7-10-26-83-71(94)21-9-12-35-113-62-50-59(87-69(52-62)79(104)105)56-91-33-40-110-46-44-108-38-31-90(32-39-109-45-47-111-41-34-91)55-58-15-13-19-66(86-58)77(100)101/h13,15,19,22-24,28,50-52,60,65,67,71,83,94H,2-12,14,16-18,20-21,25-27,29-49,54-57H2,1H3,(H,82,93)(H,84,96)(H,85,98)(H,88,95)(H,89,99)(H,100,101)(H,102,103)(H,104,105)/t60-,65-,67-,71?/m0/s1. The fourth-order valence-corrected chi connectivity index (χ4v) is 12.3. The maximum atomic E-state index is 13.8. The predicted octanol–water partition coefficient (Wildman–Crippen LogP) is 4.01. The number of amides is 6. The number of fused-ring (bicyclic) bond motifs is 1. The SMILES string of the molecule is CCCCCCCC(=O)NCCCC[C@H](NC(=O)[C@H](CCCCNC(O)CCCCOc1cc(CN2CCOCCOCCN(Cc3cccc(C(=O)O)n3)CCOCCOCC2)nc(C(=O)O)c1)NC(=O)CCOCCOCCOCCNC(=O)COc1ccc2c(C(=O)NCC(=O)N3CCC[C@H]3C#N)ccnc2c1)C(=O)O. The van der Waals surface area contributed by atoms with Crippen molar-refractivity contribution in [3.8, 4) is 17.6 Å². The van der Waals surface area contributed by atoms with Gasteiger partial charge < -0.3 is 94.5 Å². The first-order chi connectivity index (χ1) is 55.4. The fourth-order valence-electron chi connectivity index (χ4n) is 12.3. The van der Waals surface area contributed by atoms with Crippen molar-refractivity contribution in [2.45, 2.75) is 160 Å². The molecule has 1 aromatic carbocycles. The largest absolute Gasteiger partial charge is 0.493 e. The Morgan fingerprint density at radius 1 is 0.570 bits per heavy atom. The number of aliphatic hydroxyl groups is 1. The third-order valence-corrected chi connectivity index (χ3v) is 18.5. The molecule has 3 aromatic heterocycles. The molecule has 4 atom stereocenters. The number of aliphatic hydroxyl groups excluding tert-OH is 1. The second kappa shape index (κ2) is 56.1. The zero-order chi connectivity index (χ0) is 81.8. The van der Waals surface area contributed by atoms with Gasteiger partial charge >= 0.3 is 17.9 Å². The number of carboxylic acids is 3. The number of rotatable bonds is 51. The Morgan fingerprint density at radius 2 is 1.20 bits per heavy atom. The summed E-state index contributed by atoms with van der Waals surface area (Å²) in [5.74, 6) is -5.29. The van der Waals surface area contributed by atoms with E-state index in [1.54, 1.807) is 36.4 Å². The number of nitriles is 1. The quantitative estimate of drug-likeness (QED) is 0.0220. The zero-order valence-electron chi connectivity index (χ0n) is 65.7. The van der Waals surface area contributed by atoms with Crippen molar-refractivity contribution in [3.63, 3.8) is 0 Å². The van der Waals surface area contributed by atoms with E-state index in [-0.39, 0.29) is 115 Å². The molecule has 114 heavy (non-hydrogen) atoms. The third-order valence-electron chi connectivity index (χ3n) is 18.5. The van der Waals surface area contributed by atoms with Gasteiger partial charge in [0.05, 0.1) is 134 Å². The smallest absolute Gasteiger partial charge is 0.354 e. The lowest BCUT2D eigenvalue weighted by Gasteiger charge is -2.23. The first-order valence-corrected chi connectivity index (χ1v) is 39.7. The highest BCUT2D eigenvalue weighted by molar-refractivity contribution is 6.07. The highest BCUT2D eigenvalue weighted by atomic mass is 16.5. The maximum Gasteiger partial charge on any atom is 0.354 e. The lowest BCUT2D eigenvalue weighted by molar-refractivity contribution is -0.142. The Kier molecular flexibility index (Phi) is 46.1. The summed E-state index contributed by atoms with van der Waals surface area (Å²) < 4.78 is 52.0. The molecule has 630 valence electrons. The molecule has 35 nitrogen and oxygen atoms in total. The number of unbranched alkanes of at least 4 members (excludes halogenated alkanes) is 7. The van der Waals surface area contributed by atoms with Gasteiger partial charge in [-0.3, -0.25) is 48.9 Å². The summed E-state index contributed by atoms with van der Waals surface area (Å²) in [7, 11) is 0. The minimum Gasteiger partial charge on any atom is -0.493 e. The highest BCUT2D eigenvalue weighted by Crippen LogP contribution is 2.24. The number of benzene rings is 1. The van der Waals surface area contributed by atoms with Crippen LogP contribution in [0.2, 0.25) is 0 Å². The van der Waals surface area contributed by atoms with E-state index in [0.717, 1.165) is 38.5 Å². The second-order valence-corrected chi connectivity index (χ2v) is 27.5. The zero-order valence-corrected chi connectivity index (χ0v) is 65.7. The summed E-state index contributed by atoms with van der Waals surface area (Å²) in [6.07, 6.45) is 10.8. The van der Waals surface area contributed by atoms with E-state index in [9.17, 15) is 68.8 Å². The Balaban J connectivity index is 0.856. The number of pyridine rings is 3. The molecule has 2 aliphatic rings. The number of carboxylic acid groups (broad SMARTS) is 3. The van der Waals surface area contributed by atoms with Gasteiger partial charge in [-0.15, -0.1) is 0 Å². The summed E-state index contributed by atoms with van der Waals surface area (Å²) in [6.45, 7) is 9.85. The monoisotopic (exact) mass is 1600 g/mol. The summed E-state index contributed by atoms with van der Waals surface area (Å²) in [6, 6.07) is 13.6. The lowest BCUT2D eigenvalue weighted by atomic mass is 10.1. The summed E-state index contributed by atoms with van der Waals surface area (Å²) in [5, 5.41) is 66.8. The molecule has 5 heterocycles. The molecule has 4 aromatic rings. The van der Waals surface area contributed by atoms with Crippen LogP contribution >= 0.6 is 0 Å². The molecule has 1 unspecified atom stereocenters. The molecule has 2 fully saturated rings. The van der Waals surface area contributed by atoms with Crippen LogP contribution in [-0.2, 0) is 75.0 Å². The van der Waals surface area contributed by atoms with Crippen LogP contribution in [0.4, 0.5) is 0 Å². The molecule has 2 saturated heterocycles. The number of ether oxygens (including phenoxy) is 9. The van der Waals surface area contributed by atoms with Gasteiger partial charge in [-0.05, 0) is 114 Å². The van der Waals surface area contributed by atoms with Gasteiger partial charge in [0, 0.05) is 102 Å². The van der Waals surface area contributed by atoms with Crippen molar-refractivity contribution in [1.82, 2.24) is 61.6 Å². The molecule has 0 spiro atoms. The van der Waals surface area contributed by atoms with E-state index < -0.39 is 65.9 Å². The van der Waals surface area contributed by atoms with E-state index in [1.807, 2.05) is 4.90 Å². The Morgan fingerprint density at radius 3 is 1.88 bits per heavy atom. The molecule has 6 amide bonds.